The Morgan fingerprint density at radius 2 is 2.27 bits per heavy atom. The van der Waals surface area contributed by atoms with Crippen molar-refractivity contribution in [2.45, 2.75) is 25.7 Å². The van der Waals surface area contributed by atoms with E-state index in [0.717, 1.165) is 23.2 Å². The maximum absolute atomic E-state index is 9.26. The van der Waals surface area contributed by atoms with E-state index in [2.05, 4.69) is 0 Å². The van der Waals surface area contributed by atoms with Crippen LogP contribution in [-0.2, 0) is 0 Å². The van der Waals surface area contributed by atoms with Gasteiger partial charge in [0.1, 0.15) is 0 Å². The van der Waals surface area contributed by atoms with Crippen LogP contribution < -0.4 is 0 Å². The van der Waals surface area contributed by atoms with Crippen molar-refractivity contribution in [1.29, 1.82) is 0 Å². The minimum atomic E-state index is 0.468. The average molecular weight is 150 g/mol. The van der Waals surface area contributed by atoms with E-state index in [0.29, 0.717) is 12.0 Å². The SMILES string of the molecule is OCC12CC3CC4CC4(C1)C32. The molecule has 0 heterocycles. The fourth-order valence-corrected chi connectivity index (χ4v) is 5.12. The van der Waals surface area contributed by atoms with Gasteiger partial charge in [0.25, 0.3) is 0 Å². The summed E-state index contributed by atoms with van der Waals surface area (Å²) in [6.45, 7) is 0.489. The topological polar surface area (TPSA) is 20.2 Å². The first-order chi connectivity index (χ1) is 5.31. The molecule has 0 saturated heterocycles. The van der Waals surface area contributed by atoms with Gasteiger partial charge in [-0.25, -0.2) is 0 Å². The molecule has 4 saturated carbocycles. The highest BCUT2D eigenvalue weighted by Gasteiger charge is 2.83. The average Bonchev–Trinajstić information content (AvgIpc) is 2.55. The lowest BCUT2D eigenvalue weighted by molar-refractivity contribution is -0.199. The largest absolute Gasteiger partial charge is 0.396 e. The second-order valence-electron chi connectivity index (χ2n) is 5.51. The quantitative estimate of drug-likeness (QED) is 0.599. The molecule has 4 rings (SSSR count). The fourth-order valence-electron chi connectivity index (χ4n) is 5.12. The van der Waals surface area contributed by atoms with Crippen LogP contribution in [0.25, 0.3) is 0 Å². The summed E-state index contributed by atoms with van der Waals surface area (Å²) in [6.07, 6.45) is 5.80. The molecule has 1 spiro atoms. The third kappa shape index (κ3) is 0.342. The number of rotatable bonds is 1. The Labute approximate surface area is 66.8 Å². The minimum Gasteiger partial charge on any atom is -0.396 e. The van der Waals surface area contributed by atoms with E-state index in [-0.39, 0.29) is 0 Å². The number of hydrogen-bond donors (Lipinski definition) is 1. The van der Waals surface area contributed by atoms with Crippen LogP contribution in [0.4, 0.5) is 0 Å². The van der Waals surface area contributed by atoms with Gasteiger partial charge in [0.15, 0.2) is 0 Å². The molecule has 0 bridgehead atoms. The molecule has 0 aromatic carbocycles. The Bertz CT molecular complexity index is 249. The molecular weight excluding hydrogens is 136 g/mol. The van der Waals surface area contributed by atoms with Crippen LogP contribution in [-0.4, -0.2) is 11.7 Å². The van der Waals surface area contributed by atoms with Gasteiger partial charge in [-0.2, -0.15) is 0 Å². The van der Waals surface area contributed by atoms with Gasteiger partial charge in [-0.05, 0) is 54.3 Å². The predicted octanol–water partition coefficient (Wildman–Crippen LogP) is 1.41. The Balaban J connectivity index is 1.79. The lowest BCUT2D eigenvalue weighted by Gasteiger charge is -2.66. The number of aliphatic hydroxyl groups is 1. The number of aliphatic hydroxyl groups excluding tert-OH is 1. The van der Waals surface area contributed by atoms with Crippen LogP contribution in [0.1, 0.15) is 25.7 Å². The van der Waals surface area contributed by atoms with Crippen molar-refractivity contribution in [2.24, 2.45) is 28.6 Å². The monoisotopic (exact) mass is 150 g/mol. The molecule has 0 aromatic heterocycles. The van der Waals surface area contributed by atoms with E-state index in [9.17, 15) is 5.11 Å². The highest BCUT2D eigenvalue weighted by molar-refractivity contribution is 5.32. The normalized spacial score (nSPS) is 74.5. The van der Waals surface area contributed by atoms with Crippen LogP contribution in [0, 0.1) is 28.6 Å². The zero-order valence-corrected chi connectivity index (χ0v) is 6.71. The second-order valence-corrected chi connectivity index (χ2v) is 5.51. The molecule has 1 N–H and O–H groups in total. The van der Waals surface area contributed by atoms with Gasteiger partial charge in [-0.15, -0.1) is 0 Å². The van der Waals surface area contributed by atoms with Crippen molar-refractivity contribution in [1.82, 2.24) is 0 Å². The fraction of sp³-hybridized carbons (Fsp3) is 1.00. The summed E-state index contributed by atoms with van der Waals surface area (Å²) in [5.74, 6) is 3.15. The van der Waals surface area contributed by atoms with Gasteiger partial charge in [0, 0.05) is 6.61 Å². The van der Waals surface area contributed by atoms with Gasteiger partial charge in [0.05, 0.1) is 0 Å². The molecule has 5 atom stereocenters. The zero-order chi connectivity index (χ0) is 7.27. The van der Waals surface area contributed by atoms with E-state index in [4.69, 9.17) is 0 Å². The Morgan fingerprint density at radius 1 is 1.36 bits per heavy atom. The van der Waals surface area contributed by atoms with E-state index in [1.54, 1.807) is 0 Å². The molecule has 4 aliphatic rings. The van der Waals surface area contributed by atoms with Gasteiger partial charge in [-0.3, -0.25) is 0 Å². The molecule has 11 heavy (non-hydrogen) atoms. The molecule has 1 nitrogen and oxygen atoms in total. The van der Waals surface area contributed by atoms with Crippen molar-refractivity contribution >= 4 is 0 Å². The van der Waals surface area contributed by atoms with E-state index < -0.39 is 0 Å². The highest BCUT2D eigenvalue weighted by Crippen LogP contribution is 2.89. The van der Waals surface area contributed by atoms with Gasteiger partial charge >= 0.3 is 0 Å². The molecule has 0 radical (unpaired) electrons. The second kappa shape index (κ2) is 1.19. The summed E-state index contributed by atoms with van der Waals surface area (Å²) in [6, 6.07) is 0. The van der Waals surface area contributed by atoms with E-state index in [1.807, 2.05) is 0 Å². The summed E-state index contributed by atoms with van der Waals surface area (Å²) >= 11 is 0. The molecule has 1 heteroatoms. The van der Waals surface area contributed by atoms with Gasteiger partial charge in [0.2, 0.25) is 0 Å². The third-order valence-corrected chi connectivity index (χ3v) is 5.28. The molecular formula is C10H14O. The van der Waals surface area contributed by atoms with Crippen molar-refractivity contribution in [3.8, 4) is 0 Å². The first-order valence-corrected chi connectivity index (χ1v) is 4.92. The lowest BCUT2D eigenvalue weighted by atomic mass is 9.39. The molecule has 4 fully saturated rings. The predicted molar refractivity (Wildman–Crippen MR) is 40.9 cm³/mol. The molecule has 60 valence electrons. The molecule has 0 aromatic rings. The first-order valence-electron chi connectivity index (χ1n) is 4.92. The van der Waals surface area contributed by atoms with Crippen molar-refractivity contribution < 1.29 is 5.11 Å². The Hall–Kier alpha value is -0.0400. The van der Waals surface area contributed by atoms with E-state index >= 15 is 0 Å². The van der Waals surface area contributed by atoms with Crippen LogP contribution in [0.3, 0.4) is 0 Å². The van der Waals surface area contributed by atoms with Gasteiger partial charge in [-0.1, -0.05) is 0 Å². The number of hydrogen-bond acceptors (Lipinski definition) is 1. The maximum Gasteiger partial charge on any atom is 0.0490 e. The first kappa shape index (κ1) is 5.58. The summed E-state index contributed by atoms with van der Waals surface area (Å²) < 4.78 is 0. The minimum absolute atomic E-state index is 0.468. The van der Waals surface area contributed by atoms with Crippen molar-refractivity contribution in [3.63, 3.8) is 0 Å². The lowest BCUT2D eigenvalue weighted by Crippen LogP contribution is -2.61. The maximum atomic E-state index is 9.26. The van der Waals surface area contributed by atoms with Crippen LogP contribution in [0.15, 0.2) is 0 Å². The summed E-state index contributed by atoms with van der Waals surface area (Å²) in [7, 11) is 0. The van der Waals surface area contributed by atoms with Crippen molar-refractivity contribution in [3.05, 3.63) is 0 Å². The zero-order valence-electron chi connectivity index (χ0n) is 6.71. The summed E-state index contributed by atoms with van der Waals surface area (Å²) in [5.41, 5.74) is 1.29. The molecule has 5 unspecified atom stereocenters. The summed E-state index contributed by atoms with van der Waals surface area (Å²) in [5, 5.41) is 9.26. The summed E-state index contributed by atoms with van der Waals surface area (Å²) in [4.78, 5) is 0. The Morgan fingerprint density at radius 3 is 3.00 bits per heavy atom. The molecule has 4 aliphatic carbocycles. The smallest absolute Gasteiger partial charge is 0.0490 e. The van der Waals surface area contributed by atoms with Crippen LogP contribution in [0.5, 0.6) is 0 Å². The third-order valence-electron chi connectivity index (χ3n) is 5.28. The van der Waals surface area contributed by atoms with Crippen LogP contribution in [0.2, 0.25) is 0 Å². The van der Waals surface area contributed by atoms with E-state index in [1.165, 1.54) is 25.7 Å². The standard InChI is InChI=1S/C10H14O/c11-5-9-2-6-1-7-3-10(7,4-9)8(6)9/h6-8,11H,1-5H2. The van der Waals surface area contributed by atoms with Crippen molar-refractivity contribution in [2.75, 3.05) is 6.61 Å². The van der Waals surface area contributed by atoms with Crippen LogP contribution >= 0.6 is 0 Å². The molecule has 0 amide bonds. The van der Waals surface area contributed by atoms with Gasteiger partial charge < -0.3 is 5.11 Å². The molecule has 0 aliphatic heterocycles. The highest BCUT2D eigenvalue weighted by atomic mass is 16.3. The Kier molecular flexibility index (Phi) is 0.602.